The Hall–Kier alpha value is -2.49. The summed E-state index contributed by atoms with van der Waals surface area (Å²) in [6.07, 6.45) is 8.40. The number of phenols is 1. The molecule has 0 amide bonds. The second kappa shape index (κ2) is 7.86. The highest BCUT2D eigenvalue weighted by Gasteiger charge is 2.44. The molecule has 0 aliphatic carbocycles. The van der Waals surface area contributed by atoms with E-state index in [1.165, 1.54) is 17.2 Å². The Balaban J connectivity index is 1.78. The van der Waals surface area contributed by atoms with Crippen molar-refractivity contribution < 1.29 is 14.3 Å². The summed E-state index contributed by atoms with van der Waals surface area (Å²) >= 11 is 0. The van der Waals surface area contributed by atoms with E-state index in [9.17, 15) is 9.90 Å². The first-order chi connectivity index (χ1) is 13.2. The van der Waals surface area contributed by atoms with Gasteiger partial charge in [-0.3, -0.25) is 0 Å². The van der Waals surface area contributed by atoms with Crippen LogP contribution in [0.2, 0.25) is 0 Å². The zero-order chi connectivity index (χ0) is 20.5. The minimum Gasteiger partial charge on any atom is -0.508 e. The molecule has 150 valence electrons. The number of rotatable bonds is 6. The number of phenolic OH excluding ortho intramolecular Hbond substituents is 1. The molecular weight excluding hydrogens is 352 g/mol. The average Bonchev–Trinajstić information content (AvgIpc) is 2.86. The van der Waals surface area contributed by atoms with Crippen LogP contribution in [0.4, 0.5) is 0 Å². The molecule has 0 saturated heterocycles. The third-order valence-electron chi connectivity index (χ3n) is 5.79. The molecule has 1 aromatic heterocycles. The summed E-state index contributed by atoms with van der Waals surface area (Å²) in [5.41, 5.74) is 2.85. The largest absolute Gasteiger partial charge is 0.508 e. The van der Waals surface area contributed by atoms with E-state index >= 15 is 0 Å². The Morgan fingerprint density at radius 1 is 1.21 bits per heavy atom. The standard InChI is InChI=1S/C24H30O4/c1-15(2)8-6-9-16(3)10-7-13-24(5)17(4)21-22(28-24)19-12-11-18(25)14-20(19)27-23(21)26/h8,10-12,14,17,25H,6-7,9,13H2,1-5H3/t17-,24-/m1/s1. The Morgan fingerprint density at radius 3 is 2.68 bits per heavy atom. The molecule has 3 rings (SSSR count). The molecule has 0 spiro atoms. The van der Waals surface area contributed by atoms with Crippen molar-refractivity contribution in [2.75, 3.05) is 0 Å². The Kier molecular flexibility index (Phi) is 5.69. The zero-order valence-corrected chi connectivity index (χ0v) is 17.5. The number of allylic oxidation sites excluding steroid dienone is 4. The van der Waals surface area contributed by atoms with Gasteiger partial charge in [-0.25, -0.2) is 4.79 Å². The number of ether oxygens (including phenoxy) is 1. The van der Waals surface area contributed by atoms with Gasteiger partial charge in [0.15, 0.2) is 0 Å². The highest BCUT2D eigenvalue weighted by atomic mass is 16.5. The van der Waals surface area contributed by atoms with Gasteiger partial charge in [-0.2, -0.15) is 0 Å². The average molecular weight is 383 g/mol. The van der Waals surface area contributed by atoms with E-state index in [1.54, 1.807) is 12.1 Å². The summed E-state index contributed by atoms with van der Waals surface area (Å²) in [4.78, 5) is 12.5. The summed E-state index contributed by atoms with van der Waals surface area (Å²) in [6, 6.07) is 4.79. The molecule has 0 saturated carbocycles. The van der Waals surface area contributed by atoms with Gasteiger partial charge in [0.05, 0.1) is 10.9 Å². The lowest BCUT2D eigenvalue weighted by Gasteiger charge is -2.28. The van der Waals surface area contributed by atoms with Gasteiger partial charge in [-0.1, -0.05) is 30.2 Å². The van der Waals surface area contributed by atoms with Gasteiger partial charge in [-0.05, 0) is 65.5 Å². The van der Waals surface area contributed by atoms with Crippen molar-refractivity contribution in [2.45, 2.75) is 71.8 Å². The third kappa shape index (κ3) is 4.01. The summed E-state index contributed by atoms with van der Waals surface area (Å²) in [6.45, 7) is 10.5. The van der Waals surface area contributed by atoms with Crippen LogP contribution in [0.3, 0.4) is 0 Å². The van der Waals surface area contributed by atoms with Crippen LogP contribution in [0.5, 0.6) is 11.5 Å². The minimum absolute atomic E-state index is 0.0590. The molecule has 2 atom stereocenters. The van der Waals surface area contributed by atoms with E-state index in [1.807, 2.05) is 6.92 Å². The van der Waals surface area contributed by atoms with Crippen LogP contribution in [-0.2, 0) is 0 Å². The normalized spacial score (nSPS) is 21.5. The van der Waals surface area contributed by atoms with Crippen molar-refractivity contribution in [3.63, 3.8) is 0 Å². The Bertz CT molecular complexity index is 992. The zero-order valence-electron chi connectivity index (χ0n) is 17.5. The molecule has 0 radical (unpaired) electrons. The Labute approximate surface area is 166 Å². The SMILES string of the molecule is CC(C)=CCCC(C)=CCC[C@@]1(C)Oc2c(c(=O)oc3cc(O)ccc23)[C@H]1C. The molecule has 1 aliphatic rings. The highest BCUT2D eigenvalue weighted by Crippen LogP contribution is 2.48. The van der Waals surface area contributed by atoms with Crippen LogP contribution in [0.15, 0.2) is 50.7 Å². The van der Waals surface area contributed by atoms with Crippen molar-refractivity contribution in [2.24, 2.45) is 0 Å². The fraction of sp³-hybridized carbons (Fsp3) is 0.458. The second-order valence-electron chi connectivity index (χ2n) is 8.36. The predicted molar refractivity (Wildman–Crippen MR) is 113 cm³/mol. The molecule has 1 aliphatic heterocycles. The molecular formula is C24H30O4. The van der Waals surface area contributed by atoms with Crippen LogP contribution in [0, 0.1) is 0 Å². The van der Waals surface area contributed by atoms with Gasteiger partial charge in [0.25, 0.3) is 0 Å². The van der Waals surface area contributed by atoms with Crippen LogP contribution in [0.1, 0.15) is 71.8 Å². The Morgan fingerprint density at radius 2 is 1.96 bits per heavy atom. The molecule has 2 heterocycles. The van der Waals surface area contributed by atoms with Gasteiger partial charge in [0.1, 0.15) is 22.7 Å². The maximum atomic E-state index is 12.5. The highest BCUT2D eigenvalue weighted by molar-refractivity contribution is 5.86. The van der Waals surface area contributed by atoms with E-state index < -0.39 is 5.60 Å². The maximum absolute atomic E-state index is 12.5. The van der Waals surface area contributed by atoms with Gasteiger partial charge in [0.2, 0.25) is 0 Å². The van der Waals surface area contributed by atoms with Crippen LogP contribution < -0.4 is 10.4 Å². The molecule has 0 unspecified atom stereocenters. The molecule has 1 aromatic carbocycles. The monoisotopic (exact) mass is 382 g/mol. The quantitative estimate of drug-likeness (QED) is 0.475. The molecule has 4 nitrogen and oxygen atoms in total. The van der Waals surface area contributed by atoms with Gasteiger partial charge >= 0.3 is 5.63 Å². The van der Waals surface area contributed by atoms with Crippen LogP contribution in [-0.4, -0.2) is 10.7 Å². The number of aromatic hydroxyl groups is 1. The van der Waals surface area contributed by atoms with E-state index in [0.717, 1.165) is 31.1 Å². The number of fused-ring (bicyclic) bond motifs is 3. The topological polar surface area (TPSA) is 59.7 Å². The third-order valence-corrected chi connectivity index (χ3v) is 5.79. The first kappa shape index (κ1) is 20.2. The van der Waals surface area contributed by atoms with Crippen molar-refractivity contribution in [1.29, 1.82) is 0 Å². The summed E-state index contributed by atoms with van der Waals surface area (Å²) in [7, 11) is 0. The number of benzene rings is 1. The lowest BCUT2D eigenvalue weighted by Crippen LogP contribution is -2.33. The fourth-order valence-electron chi connectivity index (χ4n) is 3.85. The molecule has 1 N–H and O–H groups in total. The first-order valence-electron chi connectivity index (χ1n) is 9.99. The second-order valence-corrected chi connectivity index (χ2v) is 8.36. The summed E-state index contributed by atoms with van der Waals surface area (Å²) < 4.78 is 11.8. The predicted octanol–water partition coefficient (Wildman–Crippen LogP) is 6.23. The van der Waals surface area contributed by atoms with Crippen molar-refractivity contribution >= 4 is 11.0 Å². The summed E-state index contributed by atoms with van der Waals surface area (Å²) in [5.74, 6) is 0.611. The number of hydrogen-bond acceptors (Lipinski definition) is 4. The molecule has 0 bridgehead atoms. The smallest absolute Gasteiger partial charge is 0.343 e. The first-order valence-corrected chi connectivity index (χ1v) is 9.99. The van der Waals surface area contributed by atoms with E-state index in [4.69, 9.17) is 9.15 Å². The van der Waals surface area contributed by atoms with Crippen molar-refractivity contribution in [3.8, 4) is 11.5 Å². The molecule has 4 heteroatoms. The lowest BCUT2D eigenvalue weighted by molar-refractivity contribution is 0.0862. The number of hydrogen-bond donors (Lipinski definition) is 1. The lowest BCUT2D eigenvalue weighted by atomic mass is 9.84. The minimum atomic E-state index is -0.458. The summed E-state index contributed by atoms with van der Waals surface area (Å²) in [5, 5.41) is 10.4. The van der Waals surface area contributed by atoms with E-state index in [2.05, 4.69) is 39.8 Å². The van der Waals surface area contributed by atoms with Crippen molar-refractivity contribution in [3.05, 3.63) is 57.5 Å². The fourth-order valence-corrected chi connectivity index (χ4v) is 3.85. The van der Waals surface area contributed by atoms with Crippen LogP contribution in [0.25, 0.3) is 11.0 Å². The van der Waals surface area contributed by atoms with E-state index in [-0.39, 0.29) is 17.3 Å². The maximum Gasteiger partial charge on any atom is 0.343 e. The molecule has 2 aromatic rings. The molecule has 0 fully saturated rings. The van der Waals surface area contributed by atoms with Gasteiger partial charge in [-0.15, -0.1) is 0 Å². The van der Waals surface area contributed by atoms with Crippen molar-refractivity contribution in [1.82, 2.24) is 0 Å². The van der Waals surface area contributed by atoms with Gasteiger partial charge in [0, 0.05) is 12.0 Å². The molecule has 28 heavy (non-hydrogen) atoms. The van der Waals surface area contributed by atoms with E-state index in [0.29, 0.717) is 16.9 Å². The van der Waals surface area contributed by atoms with Crippen LogP contribution >= 0.6 is 0 Å². The van der Waals surface area contributed by atoms with Gasteiger partial charge < -0.3 is 14.3 Å².